The summed E-state index contributed by atoms with van der Waals surface area (Å²) >= 11 is 8.07. The number of aromatic nitrogens is 3. The smallest absolute Gasteiger partial charge is 0.204 e. The zero-order valence-corrected chi connectivity index (χ0v) is 15.1. The van der Waals surface area contributed by atoms with Crippen LogP contribution in [0, 0.1) is 6.92 Å². The molecule has 0 saturated carbocycles. The van der Waals surface area contributed by atoms with Gasteiger partial charge in [-0.1, -0.05) is 19.9 Å². The molecule has 116 valence electrons. The number of para-hydroxylation sites is 1. The number of fused-ring (bicyclic) bond motifs is 1. The molecule has 0 N–H and O–H groups in total. The normalized spacial score (nSPS) is 12.0. The fourth-order valence-corrected chi connectivity index (χ4v) is 4.28. The second-order valence-electron chi connectivity index (χ2n) is 6.13. The number of hydrogen-bond donors (Lipinski definition) is 0. The van der Waals surface area contributed by atoms with E-state index < -0.39 is 0 Å². The lowest BCUT2D eigenvalue weighted by atomic mass is 10.1. The number of halogens is 1. The maximum atomic E-state index is 6.34. The largest absolute Gasteiger partial charge is 0.312 e. The Labute approximate surface area is 140 Å². The minimum absolute atomic E-state index is 0.275. The van der Waals surface area contributed by atoms with Gasteiger partial charge in [-0.25, -0.2) is 9.97 Å². The molecule has 0 unspecified atom stereocenters. The first-order valence-electron chi connectivity index (χ1n) is 7.54. The highest BCUT2D eigenvalue weighted by molar-refractivity contribution is 7.15. The van der Waals surface area contributed by atoms with Crippen molar-refractivity contribution >= 4 is 34.0 Å². The Morgan fingerprint density at radius 2 is 1.86 bits per heavy atom. The molecule has 3 aromatic rings. The van der Waals surface area contributed by atoms with E-state index in [1.165, 1.54) is 10.6 Å². The van der Waals surface area contributed by atoms with E-state index in [0.29, 0.717) is 11.2 Å². The summed E-state index contributed by atoms with van der Waals surface area (Å²) in [5.41, 5.74) is 4.24. The first-order valence-corrected chi connectivity index (χ1v) is 8.73. The lowest BCUT2D eigenvalue weighted by Gasteiger charge is -2.09. The summed E-state index contributed by atoms with van der Waals surface area (Å²) in [6, 6.07) is 6.48. The molecule has 0 fully saturated rings. The molecule has 1 aromatic carbocycles. The Kier molecular flexibility index (Phi) is 4.00. The van der Waals surface area contributed by atoms with Crippen molar-refractivity contribution in [2.24, 2.45) is 0 Å². The topological polar surface area (TPSA) is 30.7 Å². The predicted octanol–water partition coefficient (Wildman–Crippen LogP) is 5.83. The first-order chi connectivity index (χ1) is 10.4. The van der Waals surface area contributed by atoms with E-state index in [4.69, 9.17) is 16.6 Å². The number of aryl methyl sites for hydroxylation is 1. The summed E-state index contributed by atoms with van der Waals surface area (Å²) in [7, 11) is 0. The van der Waals surface area contributed by atoms with Crippen LogP contribution in [-0.4, -0.2) is 14.5 Å². The quantitative estimate of drug-likeness (QED) is 0.604. The van der Waals surface area contributed by atoms with Gasteiger partial charge in [0, 0.05) is 16.5 Å². The first kappa shape index (κ1) is 15.5. The average molecular weight is 334 g/mol. The monoisotopic (exact) mass is 333 g/mol. The molecule has 2 aromatic heterocycles. The number of nitrogens with zero attached hydrogens (tertiary/aromatic N) is 3. The van der Waals surface area contributed by atoms with E-state index in [0.717, 1.165) is 21.6 Å². The Balaban J connectivity index is 2.24. The molecule has 2 heterocycles. The van der Waals surface area contributed by atoms with Crippen LogP contribution in [0.2, 0.25) is 5.28 Å². The highest BCUT2D eigenvalue weighted by atomic mass is 35.5. The number of imidazole rings is 1. The van der Waals surface area contributed by atoms with Crippen molar-refractivity contribution in [2.75, 3.05) is 0 Å². The minimum atomic E-state index is 0.275. The van der Waals surface area contributed by atoms with Gasteiger partial charge < -0.3 is 4.57 Å². The van der Waals surface area contributed by atoms with Gasteiger partial charge in [0.15, 0.2) is 0 Å². The standard InChI is InChI=1S/C17H20ClN3S/c1-9(2)14-11(5)22-16(19-14)12-7-6-8-13-15(12)20-17(18)21(13)10(3)4/h6-10H,1-5H3. The third-order valence-electron chi connectivity index (χ3n) is 3.80. The maximum Gasteiger partial charge on any atom is 0.204 e. The summed E-state index contributed by atoms with van der Waals surface area (Å²) in [6.07, 6.45) is 0. The van der Waals surface area contributed by atoms with Crippen LogP contribution in [0.15, 0.2) is 18.2 Å². The van der Waals surface area contributed by atoms with Gasteiger partial charge >= 0.3 is 0 Å². The van der Waals surface area contributed by atoms with Gasteiger partial charge in [0.05, 0.1) is 11.2 Å². The third-order valence-corrected chi connectivity index (χ3v) is 5.09. The summed E-state index contributed by atoms with van der Waals surface area (Å²) in [4.78, 5) is 10.7. The predicted molar refractivity (Wildman–Crippen MR) is 95.1 cm³/mol. The molecule has 3 nitrogen and oxygen atoms in total. The van der Waals surface area contributed by atoms with Crippen molar-refractivity contribution in [1.29, 1.82) is 0 Å². The molecule has 0 aliphatic heterocycles. The van der Waals surface area contributed by atoms with Crippen molar-refractivity contribution in [2.45, 2.75) is 46.6 Å². The summed E-state index contributed by atoms with van der Waals surface area (Å²) in [5.74, 6) is 0.431. The van der Waals surface area contributed by atoms with Crippen molar-refractivity contribution in [3.8, 4) is 10.6 Å². The summed E-state index contributed by atoms with van der Waals surface area (Å²) in [6.45, 7) is 10.7. The molecule has 5 heteroatoms. The average Bonchev–Trinajstić information content (AvgIpc) is 2.97. The van der Waals surface area contributed by atoms with E-state index in [2.05, 4.69) is 62.4 Å². The van der Waals surface area contributed by atoms with Gasteiger partial charge in [-0.15, -0.1) is 11.3 Å². The third kappa shape index (κ3) is 2.44. The van der Waals surface area contributed by atoms with Gasteiger partial charge in [-0.05, 0) is 50.4 Å². The van der Waals surface area contributed by atoms with Gasteiger partial charge in [0.2, 0.25) is 5.28 Å². The molecule has 22 heavy (non-hydrogen) atoms. The van der Waals surface area contributed by atoms with E-state index in [1.54, 1.807) is 11.3 Å². The summed E-state index contributed by atoms with van der Waals surface area (Å²) < 4.78 is 2.06. The number of hydrogen-bond acceptors (Lipinski definition) is 3. The van der Waals surface area contributed by atoms with Gasteiger partial charge in [0.25, 0.3) is 0 Å². The van der Waals surface area contributed by atoms with Crippen molar-refractivity contribution < 1.29 is 0 Å². The van der Waals surface area contributed by atoms with Crippen LogP contribution < -0.4 is 0 Å². The van der Waals surface area contributed by atoms with Gasteiger partial charge in [-0.2, -0.15) is 0 Å². The highest BCUT2D eigenvalue weighted by Crippen LogP contribution is 2.36. The number of rotatable bonds is 3. The van der Waals surface area contributed by atoms with Crippen LogP contribution in [0.25, 0.3) is 21.6 Å². The Morgan fingerprint density at radius 3 is 2.45 bits per heavy atom. The molecule has 0 saturated heterocycles. The molecular weight excluding hydrogens is 314 g/mol. The van der Waals surface area contributed by atoms with Crippen molar-refractivity contribution in [3.63, 3.8) is 0 Å². The second-order valence-corrected chi connectivity index (χ2v) is 7.67. The lowest BCUT2D eigenvalue weighted by Crippen LogP contribution is -2.00. The van der Waals surface area contributed by atoms with Gasteiger partial charge in [0.1, 0.15) is 10.5 Å². The van der Waals surface area contributed by atoms with Crippen molar-refractivity contribution in [3.05, 3.63) is 34.1 Å². The van der Waals surface area contributed by atoms with Crippen LogP contribution in [-0.2, 0) is 0 Å². The highest BCUT2D eigenvalue weighted by Gasteiger charge is 2.18. The van der Waals surface area contributed by atoms with Gasteiger partial charge in [-0.3, -0.25) is 0 Å². The molecule has 0 radical (unpaired) electrons. The zero-order chi connectivity index (χ0) is 16.0. The molecule has 3 rings (SSSR count). The van der Waals surface area contributed by atoms with Crippen LogP contribution >= 0.6 is 22.9 Å². The molecule has 0 aliphatic carbocycles. The molecule has 0 amide bonds. The Hall–Kier alpha value is -1.39. The van der Waals surface area contributed by atoms with Crippen molar-refractivity contribution in [1.82, 2.24) is 14.5 Å². The number of benzene rings is 1. The fraction of sp³-hybridized carbons (Fsp3) is 0.412. The molecule has 0 aliphatic rings. The molecule has 0 atom stereocenters. The lowest BCUT2D eigenvalue weighted by molar-refractivity contribution is 0.618. The fourth-order valence-electron chi connectivity index (χ4n) is 2.81. The van der Waals surface area contributed by atoms with Crippen LogP contribution in [0.3, 0.4) is 0 Å². The number of thiazole rings is 1. The van der Waals surface area contributed by atoms with E-state index in [1.807, 2.05) is 0 Å². The van der Waals surface area contributed by atoms with E-state index in [-0.39, 0.29) is 6.04 Å². The SMILES string of the molecule is Cc1sc(-c2cccc3c2nc(Cl)n3C(C)C)nc1C(C)C. The minimum Gasteiger partial charge on any atom is -0.312 e. The second kappa shape index (κ2) is 5.67. The Bertz CT molecular complexity index is 830. The zero-order valence-electron chi connectivity index (χ0n) is 13.5. The maximum absolute atomic E-state index is 6.34. The summed E-state index contributed by atoms with van der Waals surface area (Å²) in [5, 5.41) is 1.56. The van der Waals surface area contributed by atoms with Crippen LogP contribution in [0.5, 0.6) is 0 Å². The van der Waals surface area contributed by atoms with Crippen LogP contribution in [0.1, 0.15) is 50.2 Å². The molecule has 0 spiro atoms. The molecule has 0 bridgehead atoms. The van der Waals surface area contributed by atoms with E-state index >= 15 is 0 Å². The van der Waals surface area contributed by atoms with Crippen LogP contribution in [0.4, 0.5) is 0 Å². The Morgan fingerprint density at radius 1 is 1.14 bits per heavy atom. The van der Waals surface area contributed by atoms with E-state index in [9.17, 15) is 0 Å². The molecular formula is C17H20ClN3S.